The summed E-state index contributed by atoms with van der Waals surface area (Å²) in [5, 5.41) is 2.83. The van der Waals surface area contributed by atoms with Crippen molar-refractivity contribution < 1.29 is 19.1 Å². The Labute approximate surface area is 159 Å². The first-order valence-electron chi connectivity index (χ1n) is 8.80. The molecule has 0 aliphatic rings. The SMILES string of the molecule is CCc1ccc(NC(=O)CCN(C(C)=O)c2cccc(C(=O)OC)c2)cc1. The number of hydrogen-bond acceptors (Lipinski definition) is 4. The number of ether oxygens (including phenoxy) is 1. The first-order valence-corrected chi connectivity index (χ1v) is 8.80. The molecule has 0 aromatic heterocycles. The molecule has 2 rings (SSSR count). The van der Waals surface area contributed by atoms with Gasteiger partial charge in [-0.05, 0) is 42.3 Å². The summed E-state index contributed by atoms with van der Waals surface area (Å²) in [5.41, 5.74) is 2.81. The molecule has 0 atom stereocenters. The standard InChI is InChI=1S/C21H24N2O4/c1-4-16-8-10-18(11-9-16)22-20(25)12-13-23(15(2)24)19-7-5-6-17(14-19)21(26)27-3/h5-11,14H,4,12-13H2,1-3H3,(H,22,25). The fourth-order valence-corrected chi connectivity index (χ4v) is 2.65. The Morgan fingerprint density at radius 3 is 2.37 bits per heavy atom. The molecule has 0 aliphatic heterocycles. The number of benzene rings is 2. The van der Waals surface area contributed by atoms with E-state index in [1.165, 1.54) is 24.5 Å². The van der Waals surface area contributed by atoms with E-state index in [1.54, 1.807) is 24.3 Å². The van der Waals surface area contributed by atoms with Gasteiger partial charge in [-0.1, -0.05) is 25.1 Å². The van der Waals surface area contributed by atoms with Crippen LogP contribution in [0.15, 0.2) is 48.5 Å². The van der Waals surface area contributed by atoms with Gasteiger partial charge in [0, 0.05) is 31.3 Å². The summed E-state index contributed by atoms with van der Waals surface area (Å²) in [6.07, 6.45) is 1.07. The summed E-state index contributed by atoms with van der Waals surface area (Å²) in [7, 11) is 1.30. The van der Waals surface area contributed by atoms with Gasteiger partial charge in [0.15, 0.2) is 0 Å². The van der Waals surface area contributed by atoms with Crippen LogP contribution in [0.25, 0.3) is 0 Å². The highest BCUT2D eigenvalue weighted by atomic mass is 16.5. The highest BCUT2D eigenvalue weighted by Gasteiger charge is 2.15. The number of nitrogens with zero attached hydrogens (tertiary/aromatic N) is 1. The van der Waals surface area contributed by atoms with Gasteiger partial charge in [-0.2, -0.15) is 0 Å². The summed E-state index contributed by atoms with van der Waals surface area (Å²) >= 11 is 0. The molecule has 6 heteroatoms. The van der Waals surface area contributed by atoms with Gasteiger partial charge in [0.05, 0.1) is 12.7 Å². The highest BCUT2D eigenvalue weighted by Crippen LogP contribution is 2.18. The number of esters is 1. The molecule has 0 aliphatic carbocycles. The molecule has 0 bridgehead atoms. The van der Waals surface area contributed by atoms with Crippen molar-refractivity contribution in [2.45, 2.75) is 26.7 Å². The van der Waals surface area contributed by atoms with Crippen molar-refractivity contribution in [1.29, 1.82) is 0 Å². The molecule has 27 heavy (non-hydrogen) atoms. The third-order valence-corrected chi connectivity index (χ3v) is 4.17. The number of aryl methyl sites for hydroxylation is 1. The molecule has 0 fully saturated rings. The van der Waals surface area contributed by atoms with Crippen molar-refractivity contribution >= 4 is 29.2 Å². The van der Waals surface area contributed by atoms with E-state index in [4.69, 9.17) is 4.74 Å². The Hall–Kier alpha value is -3.15. The zero-order chi connectivity index (χ0) is 19.8. The summed E-state index contributed by atoms with van der Waals surface area (Å²) in [6.45, 7) is 3.70. The Bertz CT molecular complexity index is 815. The van der Waals surface area contributed by atoms with E-state index < -0.39 is 5.97 Å². The van der Waals surface area contributed by atoms with Crippen LogP contribution in [0.2, 0.25) is 0 Å². The van der Waals surface area contributed by atoms with Gasteiger partial charge in [0.25, 0.3) is 0 Å². The predicted molar refractivity (Wildman–Crippen MR) is 105 cm³/mol. The van der Waals surface area contributed by atoms with Gasteiger partial charge in [0.2, 0.25) is 11.8 Å². The number of carbonyl (C=O) groups excluding carboxylic acids is 3. The molecule has 1 N–H and O–H groups in total. The zero-order valence-electron chi connectivity index (χ0n) is 15.8. The summed E-state index contributed by atoms with van der Waals surface area (Å²) in [6, 6.07) is 14.2. The third kappa shape index (κ3) is 5.67. The minimum atomic E-state index is -0.478. The topological polar surface area (TPSA) is 75.7 Å². The highest BCUT2D eigenvalue weighted by molar-refractivity contribution is 5.96. The molecule has 0 spiro atoms. The van der Waals surface area contributed by atoms with E-state index in [-0.39, 0.29) is 24.8 Å². The second kappa shape index (κ2) is 9.52. The van der Waals surface area contributed by atoms with Gasteiger partial charge in [-0.25, -0.2) is 4.79 Å². The van der Waals surface area contributed by atoms with Crippen molar-refractivity contribution in [3.05, 3.63) is 59.7 Å². The van der Waals surface area contributed by atoms with Crippen LogP contribution in [-0.4, -0.2) is 31.4 Å². The monoisotopic (exact) mass is 368 g/mol. The van der Waals surface area contributed by atoms with E-state index >= 15 is 0 Å². The molecule has 0 radical (unpaired) electrons. The molecule has 0 unspecified atom stereocenters. The molecule has 0 saturated carbocycles. The number of methoxy groups -OCH3 is 1. The lowest BCUT2D eigenvalue weighted by Crippen LogP contribution is -2.32. The minimum absolute atomic E-state index is 0.136. The predicted octanol–water partition coefficient (Wildman–Crippen LogP) is 3.42. The number of carbonyl (C=O) groups is 3. The van der Waals surface area contributed by atoms with E-state index in [1.807, 2.05) is 24.3 Å². The minimum Gasteiger partial charge on any atom is -0.465 e. The average molecular weight is 368 g/mol. The molecule has 2 aromatic rings. The van der Waals surface area contributed by atoms with E-state index in [0.29, 0.717) is 11.3 Å². The molecule has 2 amide bonds. The van der Waals surface area contributed by atoms with Crippen molar-refractivity contribution in [1.82, 2.24) is 0 Å². The van der Waals surface area contributed by atoms with Crippen LogP contribution in [0.1, 0.15) is 36.2 Å². The number of hydrogen-bond donors (Lipinski definition) is 1. The van der Waals surface area contributed by atoms with Crippen molar-refractivity contribution in [2.24, 2.45) is 0 Å². The van der Waals surface area contributed by atoms with Crippen LogP contribution in [-0.2, 0) is 20.7 Å². The van der Waals surface area contributed by atoms with E-state index in [9.17, 15) is 14.4 Å². The fraction of sp³-hybridized carbons (Fsp3) is 0.286. The maximum atomic E-state index is 12.2. The number of nitrogens with one attached hydrogen (secondary N) is 1. The van der Waals surface area contributed by atoms with E-state index in [0.717, 1.165) is 12.1 Å². The lowest BCUT2D eigenvalue weighted by atomic mass is 10.1. The van der Waals surface area contributed by atoms with Crippen molar-refractivity contribution in [3.8, 4) is 0 Å². The molecule has 142 valence electrons. The van der Waals surface area contributed by atoms with Crippen LogP contribution in [0.4, 0.5) is 11.4 Å². The lowest BCUT2D eigenvalue weighted by Gasteiger charge is -2.21. The van der Waals surface area contributed by atoms with Gasteiger partial charge in [0.1, 0.15) is 0 Å². The van der Waals surface area contributed by atoms with Crippen LogP contribution in [0.5, 0.6) is 0 Å². The fourth-order valence-electron chi connectivity index (χ4n) is 2.65. The van der Waals surface area contributed by atoms with Gasteiger partial charge in [-0.15, -0.1) is 0 Å². The smallest absolute Gasteiger partial charge is 0.337 e. The molecule has 6 nitrogen and oxygen atoms in total. The lowest BCUT2D eigenvalue weighted by molar-refractivity contribution is -0.117. The molecular weight excluding hydrogens is 344 g/mol. The number of amides is 2. The third-order valence-electron chi connectivity index (χ3n) is 4.17. The summed E-state index contributed by atoms with van der Waals surface area (Å²) in [4.78, 5) is 37.4. The number of rotatable bonds is 7. The van der Waals surface area contributed by atoms with Gasteiger partial charge in [-0.3, -0.25) is 9.59 Å². The largest absolute Gasteiger partial charge is 0.465 e. The quantitative estimate of drug-likeness (QED) is 0.760. The van der Waals surface area contributed by atoms with Crippen molar-refractivity contribution in [3.63, 3.8) is 0 Å². The normalized spacial score (nSPS) is 10.2. The van der Waals surface area contributed by atoms with E-state index in [2.05, 4.69) is 12.2 Å². The average Bonchev–Trinajstić information content (AvgIpc) is 2.68. The number of anilines is 2. The summed E-state index contributed by atoms with van der Waals surface area (Å²) < 4.78 is 4.71. The Kier molecular flexibility index (Phi) is 7.11. The Balaban J connectivity index is 2.02. The van der Waals surface area contributed by atoms with Gasteiger partial charge >= 0.3 is 5.97 Å². The van der Waals surface area contributed by atoms with Crippen molar-refractivity contribution in [2.75, 3.05) is 23.9 Å². The van der Waals surface area contributed by atoms with Crippen LogP contribution >= 0.6 is 0 Å². The maximum absolute atomic E-state index is 12.2. The molecule has 2 aromatic carbocycles. The van der Waals surface area contributed by atoms with Gasteiger partial charge < -0.3 is 15.0 Å². The molecular formula is C21H24N2O4. The molecule has 0 saturated heterocycles. The zero-order valence-corrected chi connectivity index (χ0v) is 15.8. The van der Waals surface area contributed by atoms with Crippen LogP contribution in [0.3, 0.4) is 0 Å². The second-order valence-electron chi connectivity index (χ2n) is 6.06. The van der Waals surface area contributed by atoms with Crippen LogP contribution < -0.4 is 10.2 Å². The molecule has 0 heterocycles. The Morgan fingerprint density at radius 1 is 1.07 bits per heavy atom. The first-order chi connectivity index (χ1) is 12.9. The summed E-state index contributed by atoms with van der Waals surface area (Å²) in [5.74, 6) is -0.875. The Morgan fingerprint density at radius 2 is 1.78 bits per heavy atom. The second-order valence-corrected chi connectivity index (χ2v) is 6.06. The maximum Gasteiger partial charge on any atom is 0.337 e. The first kappa shape index (κ1) is 20.2. The van der Waals surface area contributed by atoms with Crippen LogP contribution in [0, 0.1) is 0 Å².